The Balaban J connectivity index is 2.35. The van der Waals surface area contributed by atoms with Gasteiger partial charge in [0.2, 0.25) is 5.91 Å². The summed E-state index contributed by atoms with van der Waals surface area (Å²) in [5.41, 5.74) is 8.69. The van der Waals surface area contributed by atoms with Crippen LogP contribution >= 0.6 is 11.6 Å². The Morgan fingerprint density at radius 3 is 2.94 bits per heavy atom. The highest BCUT2D eigenvalue weighted by Gasteiger charge is 2.18. The first-order valence-corrected chi connectivity index (χ1v) is 5.89. The Hall–Kier alpha value is -1.06. The van der Waals surface area contributed by atoms with E-state index in [1.54, 1.807) is 0 Å². The predicted octanol–water partition coefficient (Wildman–Crippen LogP) is 2.12. The number of carbonyl (C=O) groups excluding carboxylic acids is 1. The summed E-state index contributed by atoms with van der Waals surface area (Å²) in [4.78, 5) is 11.4. The standard InChI is InChI=1S/C12H15ClN2O/c13-10-6-8(2-1-5-14)12-9(7-10)3-4-11(16)15-12/h6-7H,1-5,14H2,(H,15,16). The smallest absolute Gasteiger partial charge is 0.224 e. The van der Waals surface area contributed by atoms with Gasteiger partial charge in [0.25, 0.3) is 0 Å². The summed E-state index contributed by atoms with van der Waals surface area (Å²) in [7, 11) is 0. The molecule has 1 aliphatic rings. The van der Waals surface area contributed by atoms with Gasteiger partial charge in [0.05, 0.1) is 0 Å². The summed E-state index contributed by atoms with van der Waals surface area (Å²) >= 11 is 6.05. The Bertz CT molecular complexity index is 418. The quantitative estimate of drug-likeness (QED) is 0.848. The molecule has 4 heteroatoms. The predicted molar refractivity (Wildman–Crippen MR) is 65.8 cm³/mol. The summed E-state index contributed by atoms with van der Waals surface area (Å²) < 4.78 is 0. The van der Waals surface area contributed by atoms with Gasteiger partial charge in [-0.2, -0.15) is 0 Å². The normalized spacial score (nSPS) is 14.5. The topological polar surface area (TPSA) is 55.1 Å². The molecule has 16 heavy (non-hydrogen) atoms. The molecular weight excluding hydrogens is 224 g/mol. The van der Waals surface area contributed by atoms with Gasteiger partial charge in [-0.15, -0.1) is 0 Å². The number of hydrogen-bond acceptors (Lipinski definition) is 2. The molecule has 0 aliphatic carbocycles. The molecule has 0 unspecified atom stereocenters. The summed E-state index contributed by atoms with van der Waals surface area (Å²) in [6, 6.07) is 3.85. The molecule has 0 fully saturated rings. The zero-order valence-electron chi connectivity index (χ0n) is 9.05. The average Bonchev–Trinajstić information content (AvgIpc) is 2.26. The van der Waals surface area contributed by atoms with Gasteiger partial charge in [-0.3, -0.25) is 4.79 Å². The number of rotatable bonds is 3. The van der Waals surface area contributed by atoms with Gasteiger partial charge in [-0.05, 0) is 49.1 Å². The number of halogens is 1. The minimum atomic E-state index is 0.0869. The molecule has 1 heterocycles. The molecule has 1 aliphatic heterocycles. The first-order chi connectivity index (χ1) is 7.70. The van der Waals surface area contributed by atoms with Crippen LogP contribution < -0.4 is 11.1 Å². The number of fused-ring (bicyclic) bond motifs is 1. The SMILES string of the molecule is NCCCc1cc(Cl)cc2c1NC(=O)CC2. The van der Waals surface area contributed by atoms with Gasteiger partial charge in [-0.1, -0.05) is 11.6 Å². The number of nitrogens with one attached hydrogen (secondary N) is 1. The molecule has 3 nitrogen and oxygen atoms in total. The van der Waals surface area contributed by atoms with Crippen LogP contribution in [0.1, 0.15) is 24.0 Å². The first kappa shape index (κ1) is 11.4. The van der Waals surface area contributed by atoms with E-state index in [0.717, 1.165) is 41.1 Å². The second-order valence-electron chi connectivity index (χ2n) is 4.04. The molecule has 1 aromatic carbocycles. The van der Waals surface area contributed by atoms with E-state index in [4.69, 9.17) is 17.3 Å². The van der Waals surface area contributed by atoms with Crippen molar-refractivity contribution < 1.29 is 4.79 Å². The van der Waals surface area contributed by atoms with Gasteiger partial charge in [-0.25, -0.2) is 0 Å². The highest BCUT2D eigenvalue weighted by atomic mass is 35.5. The van der Waals surface area contributed by atoms with Crippen LogP contribution in [0, 0.1) is 0 Å². The number of hydrogen-bond donors (Lipinski definition) is 2. The van der Waals surface area contributed by atoms with Crippen molar-refractivity contribution in [3.63, 3.8) is 0 Å². The van der Waals surface area contributed by atoms with Gasteiger partial charge < -0.3 is 11.1 Å². The number of benzene rings is 1. The maximum absolute atomic E-state index is 11.4. The van der Waals surface area contributed by atoms with Crippen molar-refractivity contribution in [2.45, 2.75) is 25.7 Å². The van der Waals surface area contributed by atoms with E-state index in [1.165, 1.54) is 0 Å². The molecule has 3 N–H and O–H groups in total. The summed E-state index contributed by atoms with van der Waals surface area (Å²) in [6.07, 6.45) is 3.09. The lowest BCUT2D eigenvalue weighted by Crippen LogP contribution is -2.20. The maximum atomic E-state index is 11.4. The van der Waals surface area contributed by atoms with Gasteiger partial charge in [0.15, 0.2) is 0 Å². The van der Waals surface area contributed by atoms with E-state index >= 15 is 0 Å². The van der Waals surface area contributed by atoms with E-state index in [0.29, 0.717) is 13.0 Å². The van der Waals surface area contributed by atoms with Crippen molar-refractivity contribution in [3.8, 4) is 0 Å². The van der Waals surface area contributed by atoms with Crippen molar-refractivity contribution in [2.75, 3.05) is 11.9 Å². The van der Waals surface area contributed by atoms with E-state index in [1.807, 2.05) is 12.1 Å². The Labute approximate surface area is 100.0 Å². The molecule has 0 saturated carbocycles. The zero-order valence-corrected chi connectivity index (χ0v) is 9.81. The summed E-state index contributed by atoms with van der Waals surface area (Å²) in [5.74, 6) is 0.0869. The molecule has 0 aromatic heterocycles. The van der Waals surface area contributed by atoms with Crippen molar-refractivity contribution >= 4 is 23.2 Å². The molecule has 86 valence electrons. The molecular formula is C12H15ClN2O. The minimum Gasteiger partial charge on any atom is -0.330 e. The van der Waals surface area contributed by atoms with Crippen molar-refractivity contribution in [3.05, 3.63) is 28.3 Å². The molecule has 2 rings (SSSR count). The van der Waals surface area contributed by atoms with Gasteiger partial charge in [0, 0.05) is 17.1 Å². The van der Waals surface area contributed by atoms with Crippen LogP contribution in [0.2, 0.25) is 5.02 Å². The lowest BCUT2D eigenvalue weighted by molar-refractivity contribution is -0.116. The maximum Gasteiger partial charge on any atom is 0.224 e. The lowest BCUT2D eigenvalue weighted by atomic mass is 9.97. The third-order valence-corrected chi connectivity index (χ3v) is 3.02. The van der Waals surface area contributed by atoms with Crippen LogP contribution in [0.15, 0.2) is 12.1 Å². The van der Waals surface area contributed by atoms with E-state index < -0.39 is 0 Å². The highest BCUT2D eigenvalue weighted by Crippen LogP contribution is 2.30. The van der Waals surface area contributed by atoms with E-state index in [-0.39, 0.29) is 5.91 Å². The van der Waals surface area contributed by atoms with Gasteiger partial charge >= 0.3 is 0 Å². The molecule has 1 amide bonds. The van der Waals surface area contributed by atoms with E-state index in [9.17, 15) is 4.79 Å². The zero-order chi connectivity index (χ0) is 11.5. The van der Waals surface area contributed by atoms with Crippen LogP contribution in [0.4, 0.5) is 5.69 Å². The fourth-order valence-corrected chi connectivity index (χ4v) is 2.29. The van der Waals surface area contributed by atoms with Crippen LogP contribution in [-0.2, 0) is 17.6 Å². The largest absolute Gasteiger partial charge is 0.330 e. The fourth-order valence-electron chi connectivity index (χ4n) is 2.02. The number of nitrogens with two attached hydrogens (primary N) is 1. The number of anilines is 1. The van der Waals surface area contributed by atoms with Crippen molar-refractivity contribution in [1.82, 2.24) is 0 Å². The molecule has 0 spiro atoms. The summed E-state index contributed by atoms with van der Waals surface area (Å²) in [6.45, 7) is 0.648. The third-order valence-electron chi connectivity index (χ3n) is 2.80. The first-order valence-electron chi connectivity index (χ1n) is 5.52. The van der Waals surface area contributed by atoms with Crippen molar-refractivity contribution in [2.24, 2.45) is 5.73 Å². The second-order valence-corrected chi connectivity index (χ2v) is 4.48. The average molecular weight is 239 g/mol. The molecule has 0 bridgehead atoms. The Morgan fingerprint density at radius 2 is 2.19 bits per heavy atom. The van der Waals surface area contributed by atoms with Crippen LogP contribution in [0.3, 0.4) is 0 Å². The third kappa shape index (κ3) is 2.36. The second kappa shape index (κ2) is 4.85. The number of aryl methyl sites for hydroxylation is 2. The van der Waals surface area contributed by atoms with Crippen LogP contribution in [0.5, 0.6) is 0 Å². The number of carbonyl (C=O) groups is 1. The Morgan fingerprint density at radius 1 is 1.38 bits per heavy atom. The fraction of sp³-hybridized carbons (Fsp3) is 0.417. The Kier molecular flexibility index (Phi) is 3.46. The summed E-state index contributed by atoms with van der Waals surface area (Å²) in [5, 5.41) is 3.66. The minimum absolute atomic E-state index is 0.0869. The lowest BCUT2D eigenvalue weighted by Gasteiger charge is -2.20. The van der Waals surface area contributed by atoms with Crippen LogP contribution in [0.25, 0.3) is 0 Å². The molecule has 1 aromatic rings. The molecule has 0 atom stereocenters. The van der Waals surface area contributed by atoms with Crippen molar-refractivity contribution in [1.29, 1.82) is 0 Å². The van der Waals surface area contributed by atoms with E-state index in [2.05, 4.69) is 5.32 Å². The number of amides is 1. The molecule has 0 radical (unpaired) electrons. The van der Waals surface area contributed by atoms with Crippen LogP contribution in [-0.4, -0.2) is 12.5 Å². The monoisotopic (exact) mass is 238 g/mol. The van der Waals surface area contributed by atoms with Gasteiger partial charge in [0.1, 0.15) is 0 Å². The molecule has 0 saturated heterocycles. The highest BCUT2D eigenvalue weighted by molar-refractivity contribution is 6.30.